The van der Waals surface area contributed by atoms with E-state index in [4.69, 9.17) is 13.9 Å². The first-order chi connectivity index (χ1) is 12.7. The number of hydrogen-bond acceptors (Lipinski definition) is 5. The van der Waals surface area contributed by atoms with Gasteiger partial charge >= 0.3 is 5.97 Å². The molecule has 1 unspecified atom stereocenters. The molecule has 3 aromatic rings. The number of nitrogens with zero attached hydrogens (tertiary/aromatic N) is 1. The Morgan fingerprint density at radius 3 is 2.78 bits per heavy atom. The Morgan fingerprint density at radius 1 is 1.30 bits per heavy atom. The van der Waals surface area contributed by atoms with Crippen LogP contribution in [0.2, 0.25) is 0 Å². The van der Waals surface area contributed by atoms with Gasteiger partial charge in [-0.1, -0.05) is 12.1 Å². The van der Waals surface area contributed by atoms with E-state index in [0.29, 0.717) is 24.4 Å². The number of carbonyl (C=O) groups excluding carboxylic acids is 1. The number of fused-ring (bicyclic) bond motifs is 3. The summed E-state index contributed by atoms with van der Waals surface area (Å²) in [5.74, 6) is -0.439. The highest BCUT2D eigenvalue weighted by Crippen LogP contribution is 2.31. The maximum absolute atomic E-state index is 12.2. The van der Waals surface area contributed by atoms with Crippen molar-refractivity contribution in [2.24, 2.45) is 0 Å². The van der Waals surface area contributed by atoms with Gasteiger partial charge in [0.2, 0.25) is 0 Å². The van der Waals surface area contributed by atoms with E-state index in [0.717, 1.165) is 42.8 Å². The van der Waals surface area contributed by atoms with Crippen LogP contribution in [0.5, 0.6) is 0 Å². The second kappa shape index (κ2) is 8.31. The number of aliphatic hydroxyl groups is 1. The first kappa shape index (κ1) is 19.7. The van der Waals surface area contributed by atoms with E-state index in [-0.39, 0.29) is 12.4 Å². The van der Waals surface area contributed by atoms with Crippen molar-refractivity contribution in [1.29, 1.82) is 0 Å². The van der Waals surface area contributed by atoms with Gasteiger partial charge in [-0.25, -0.2) is 4.79 Å². The summed E-state index contributed by atoms with van der Waals surface area (Å²) in [6.45, 7) is 4.12. The van der Waals surface area contributed by atoms with Crippen LogP contribution in [0.25, 0.3) is 22.1 Å². The Balaban J connectivity index is 0.00000210. The van der Waals surface area contributed by atoms with Gasteiger partial charge in [-0.3, -0.25) is 0 Å². The van der Waals surface area contributed by atoms with Crippen molar-refractivity contribution < 1.29 is 28.7 Å². The Labute approximate surface area is 162 Å². The van der Waals surface area contributed by atoms with E-state index >= 15 is 0 Å². The number of carbonyl (C=O) groups is 1. The number of ether oxygens (including phenoxy) is 2. The number of benzene rings is 1. The fourth-order valence-electron chi connectivity index (χ4n) is 3.69. The van der Waals surface area contributed by atoms with E-state index in [1.807, 2.05) is 28.8 Å². The molecule has 2 aromatic heterocycles. The van der Waals surface area contributed by atoms with Crippen LogP contribution >= 0.6 is 12.4 Å². The summed E-state index contributed by atoms with van der Waals surface area (Å²) >= 11 is 0. The molecular formula is C19H24ClN2O5+. The van der Waals surface area contributed by atoms with Gasteiger partial charge in [-0.15, -0.1) is 12.4 Å². The van der Waals surface area contributed by atoms with E-state index < -0.39 is 12.1 Å². The molecule has 3 heterocycles. The Bertz CT molecular complexity index is 929. The Kier molecular flexibility index (Phi) is 6.06. The molecule has 8 heteroatoms. The number of esters is 1. The van der Waals surface area contributed by atoms with Crippen molar-refractivity contribution in [1.82, 2.24) is 4.57 Å². The first-order valence-corrected chi connectivity index (χ1v) is 8.86. The van der Waals surface area contributed by atoms with Gasteiger partial charge in [0, 0.05) is 11.5 Å². The smallest absolute Gasteiger partial charge is 0.354 e. The topological polar surface area (TPSA) is 78.3 Å². The van der Waals surface area contributed by atoms with Crippen molar-refractivity contribution in [3.63, 3.8) is 0 Å². The number of rotatable bonds is 5. The van der Waals surface area contributed by atoms with Crippen molar-refractivity contribution in [3.8, 4) is 0 Å². The average molecular weight is 396 g/mol. The van der Waals surface area contributed by atoms with Crippen LogP contribution < -0.4 is 4.90 Å². The van der Waals surface area contributed by atoms with E-state index in [1.54, 1.807) is 6.07 Å². The van der Waals surface area contributed by atoms with E-state index in [9.17, 15) is 9.90 Å². The highest BCUT2D eigenvalue weighted by molar-refractivity contribution is 6.06. The molecule has 0 radical (unpaired) electrons. The SMILES string of the molecule is COC(=O)c1cc2oc3ccccc3c2n1CC(O)C[NH+]1CCOCC1.Cl. The van der Waals surface area contributed by atoms with Crippen LogP contribution in [-0.4, -0.2) is 61.7 Å². The van der Waals surface area contributed by atoms with Crippen molar-refractivity contribution in [2.75, 3.05) is 40.0 Å². The number of halogens is 1. The molecule has 146 valence electrons. The molecule has 0 spiro atoms. The number of aliphatic hydroxyl groups excluding tert-OH is 1. The molecule has 0 aliphatic carbocycles. The zero-order valence-corrected chi connectivity index (χ0v) is 16.0. The standard InChI is InChI=1S/C19H22N2O5.ClH/c1-24-19(23)15-10-17-18(14-4-2-3-5-16(14)26-17)21(15)12-13(22)11-20-6-8-25-9-7-20;/h2-5,10,13,22H,6-9,11-12H2,1H3;1H/p+1. The average Bonchev–Trinajstić information content (AvgIpc) is 3.18. The lowest BCUT2D eigenvalue weighted by atomic mass is 10.2. The summed E-state index contributed by atoms with van der Waals surface area (Å²) in [5, 5.41) is 11.6. The number of quaternary nitrogens is 1. The van der Waals surface area contributed by atoms with Crippen LogP contribution in [-0.2, 0) is 16.0 Å². The third-order valence-corrected chi connectivity index (χ3v) is 4.94. The van der Waals surface area contributed by atoms with Gasteiger partial charge in [-0.05, 0) is 12.1 Å². The lowest BCUT2D eigenvalue weighted by molar-refractivity contribution is -0.911. The van der Waals surface area contributed by atoms with Crippen LogP contribution in [0, 0.1) is 0 Å². The number of aromatic nitrogens is 1. The normalized spacial score (nSPS) is 16.4. The van der Waals surface area contributed by atoms with Crippen LogP contribution in [0.4, 0.5) is 0 Å². The van der Waals surface area contributed by atoms with Crippen LogP contribution in [0.3, 0.4) is 0 Å². The molecule has 1 aliphatic heterocycles. The number of nitrogens with one attached hydrogen (secondary N) is 1. The van der Waals surface area contributed by atoms with Gasteiger partial charge in [0.25, 0.3) is 0 Å². The summed E-state index contributed by atoms with van der Waals surface area (Å²) < 4.78 is 18.0. The summed E-state index contributed by atoms with van der Waals surface area (Å²) in [6.07, 6.45) is -0.587. The maximum atomic E-state index is 12.2. The largest absolute Gasteiger partial charge is 0.464 e. The molecular weight excluding hydrogens is 372 g/mol. The Morgan fingerprint density at radius 2 is 2.04 bits per heavy atom. The number of morpholine rings is 1. The van der Waals surface area contributed by atoms with E-state index in [1.165, 1.54) is 12.0 Å². The lowest BCUT2D eigenvalue weighted by Crippen LogP contribution is -3.15. The molecule has 4 rings (SSSR count). The van der Waals surface area contributed by atoms with E-state index in [2.05, 4.69) is 0 Å². The summed E-state index contributed by atoms with van der Waals surface area (Å²) in [6, 6.07) is 9.38. The molecule has 2 N–H and O–H groups in total. The van der Waals surface area contributed by atoms with Crippen molar-refractivity contribution >= 4 is 40.4 Å². The van der Waals surface area contributed by atoms with Gasteiger partial charge in [0.1, 0.15) is 37.0 Å². The minimum absolute atomic E-state index is 0. The molecule has 0 bridgehead atoms. The molecule has 1 aromatic carbocycles. The summed E-state index contributed by atoms with van der Waals surface area (Å²) in [5.41, 5.74) is 2.59. The molecule has 1 saturated heterocycles. The Hall–Kier alpha value is -2.06. The predicted molar refractivity (Wildman–Crippen MR) is 103 cm³/mol. The third-order valence-electron chi connectivity index (χ3n) is 4.94. The first-order valence-electron chi connectivity index (χ1n) is 8.86. The molecule has 0 saturated carbocycles. The number of para-hydroxylation sites is 1. The van der Waals surface area contributed by atoms with Gasteiger partial charge in [0.15, 0.2) is 5.58 Å². The second-order valence-electron chi connectivity index (χ2n) is 6.66. The maximum Gasteiger partial charge on any atom is 0.354 e. The zero-order valence-electron chi connectivity index (χ0n) is 15.1. The monoisotopic (exact) mass is 395 g/mol. The number of furan rings is 1. The minimum atomic E-state index is -0.587. The summed E-state index contributed by atoms with van der Waals surface area (Å²) in [7, 11) is 1.36. The van der Waals surface area contributed by atoms with Gasteiger partial charge in [-0.2, -0.15) is 0 Å². The number of hydrogen-bond donors (Lipinski definition) is 2. The number of methoxy groups -OCH3 is 1. The van der Waals surface area contributed by atoms with Crippen LogP contribution in [0.1, 0.15) is 10.5 Å². The van der Waals surface area contributed by atoms with Crippen molar-refractivity contribution in [3.05, 3.63) is 36.0 Å². The highest BCUT2D eigenvalue weighted by atomic mass is 35.5. The van der Waals surface area contributed by atoms with Crippen molar-refractivity contribution in [2.45, 2.75) is 12.6 Å². The molecule has 0 amide bonds. The third kappa shape index (κ3) is 3.82. The molecule has 1 fully saturated rings. The van der Waals surface area contributed by atoms with Gasteiger partial charge in [0.05, 0.1) is 32.4 Å². The lowest BCUT2D eigenvalue weighted by Gasteiger charge is -2.26. The fourth-order valence-corrected chi connectivity index (χ4v) is 3.69. The van der Waals surface area contributed by atoms with Gasteiger partial charge < -0.3 is 28.5 Å². The minimum Gasteiger partial charge on any atom is -0.464 e. The second-order valence-corrected chi connectivity index (χ2v) is 6.66. The highest BCUT2D eigenvalue weighted by Gasteiger charge is 2.25. The molecule has 1 atom stereocenters. The summed E-state index contributed by atoms with van der Waals surface area (Å²) in [4.78, 5) is 13.5. The fraction of sp³-hybridized carbons (Fsp3) is 0.421. The predicted octanol–water partition coefficient (Wildman–Crippen LogP) is 0.872. The quantitative estimate of drug-likeness (QED) is 0.627. The molecule has 27 heavy (non-hydrogen) atoms. The zero-order chi connectivity index (χ0) is 18.1. The molecule has 1 aliphatic rings. The van der Waals surface area contributed by atoms with Crippen LogP contribution in [0.15, 0.2) is 34.7 Å². The molecule has 7 nitrogen and oxygen atoms in total.